The molecule has 0 N–H and O–H groups in total. The molecule has 0 aliphatic heterocycles. The highest BCUT2D eigenvalue weighted by Gasteiger charge is 2.16. The lowest BCUT2D eigenvalue weighted by Gasteiger charge is -2.17. The van der Waals surface area contributed by atoms with Gasteiger partial charge < -0.3 is 9.64 Å². The Hall–Kier alpha value is -1.60. The molecule has 0 unspecified atom stereocenters. The molecule has 146 valence electrons. The van der Waals surface area contributed by atoms with Crippen LogP contribution in [-0.2, 0) is 0 Å². The van der Waals surface area contributed by atoms with Crippen molar-refractivity contribution in [1.29, 1.82) is 0 Å². The Morgan fingerprint density at radius 2 is 1.93 bits per heavy atom. The van der Waals surface area contributed by atoms with Crippen LogP contribution in [0.1, 0.15) is 39.1 Å². The van der Waals surface area contributed by atoms with E-state index in [0.717, 1.165) is 27.3 Å². The van der Waals surface area contributed by atoms with Gasteiger partial charge in [-0.25, -0.2) is 9.98 Å². The molecule has 0 fully saturated rings. The monoisotopic (exact) mass is 450 g/mol. The van der Waals surface area contributed by atoms with E-state index in [4.69, 9.17) is 4.74 Å². The molecule has 0 aliphatic rings. The van der Waals surface area contributed by atoms with E-state index in [9.17, 15) is 0 Å². The number of nitrogens with zero attached hydrogens (tertiary/aromatic N) is 4. The number of hydrogen-bond acceptors (Lipinski definition) is 5. The van der Waals surface area contributed by atoms with E-state index in [0.29, 0.717) is 17.5 Å². The summed E-state index contributed by atoms with van der Waals surface area (Å²) in [7, 11) is 2.00. The van der Waals surface area contributed by atoms with Crippen LogP contribution < -0.4 is 4.74 Å². The summed E-state index contributed by atoms with van der Waals surface area (Å²) in [5.74, 6) is 1.94. The molecular weight excluding hydrogens is 424 g/mol. The smallest absolute Gasteiger partial charge is 0.223 e. The molecule has 0 amide bonds. The van der Waals surface area contributed by atoms with E-state index in [1.54, 1.807) is 11.8 Å². The van der Waals surface area contributed by atoms with Gasteiger partial charge in [-0.05, 0) is 54.4 Å². The van der Waals surface area contributed by atoms with Crippen molar-refractivity contribution in [2.24, 2.45) is 4.99 Å². The molecule has 0 saturated heterocycles. The van der Waals surface area contributed by atoms with E-state index in [1.165, 1.54) is 0 Å². The highest BCUT2D eigenvalue weighted by molar-refractivity contribution is 9.10. The maximum absolute atomic E-state index is 6.05. The van der Waals surface area contributed by atoms with Crippen molar-refractivity contribution in [3.63, 3.8) is 0 Å². The molecule has 7 heteroatoms. The molecule has 1 aromatic heterocycles. The van der Waals surface area contributed by atoms with Gasteiger partial charge in [0.25, 0.3) is 0 Å². The number of ether oxygens (including phenoxy) is 1. The topological polar surface area (TPSA) is 50.6 Å². The third-order valence-electron chi connectivity index (χ3n) is 3.56. The van der Waals surface area contributed by atoms with Crippen molar-refractivity contribution in [2.75, 3.05) is 13.6 Å². The molecule has 2 rings (SSSR count). The Balaban J connectivity index is 2.27. The molecular formula is C20H27BrN4OS. The lowest BCUT2D eigenvalue weighted by Crippen LogP contribution is -2.14. The van der Waals surface area contributed by atoms with Gasteiger partial charge in [0.15, 0.2) is 0 Å². The zero-order valence-electron chi connectivity index (χ0n) is 17.0. The number of halogens is 1. The Morgan fingerprint density at radius 3 is 2.56 bits per heavy atom. The van der Waals surface area contributed by atoms with E-state index >= 15 is 0 Å². The lowest BCUT2D eigenvalue weighted by molar-refractivity contribution is 0.454. The number of rotatable bonds is 6. The van der Waals surface area contributed by atoms with Crippen molar-refractivity contribution in [1.82, 2.24) is 14.9 Å². The minimum Gasteiger partial charge on any atom is -0.438 e. The van der Waals surface area contributed by atoms with Crippen molar-refractivity contribution < 1.29 is 4.74 Å². The van der Waals surface area contributed by atoms with Gasteiger partial charge in [0.1, 0.15) is 16.6 Å². The van der Waals surface area contributed by atoms with Crippen LogP contribution in [0.3, 0.4) is 0 Å². The number of aryl methyl sites for hydroxylation is 2. The van der Waals surface area contributed by atoms with Gasteiger partial charge in [-0.1, -0.05) is 20.8 Å². The first-order chi connectivity index (χ1) is 12.6. The van der Waals surface area contributed by atoms with Crippen LogP contribution >= 0.6 is 27.7 Å². The Kier molecular flexibility index (Phi) is 7.28. The summed E-state index contributed by atoms with van der Waals surface area (Å²) in [6.45, 7) is 13.4. The fraction of sp³-hybridized carbons (Fsp3) is 0.450. The Bertz CT molecular complexity index is 833. The molecule has 27 heavy (non-hydrogen) atoms. The van der Waals surface area contributed by atoms with Crippen LogP contribution in [0.15, 0.2) is 32.7 Å². The van der Waals surface area contributed by atoms with Gasteiger partial charge >= 0.3 is 0 Å². The van der Waals surface area contributed by atoms with Gasteiger partial charge in [0.05, 0.1) is 16.5 Å². The summed E-state index contributed by atoms with van der Waals surface area (Å²) in [4.78, 5) is 15.5. The maximum atomic E-state index is 6.05. The summed E-state index contributed by atoms with van der Waals surface area (Å²) < 4.78 is 6.96. The predicted octanol–water partition coefficient (Wildman–Crippen LogP) is 6.15. The first-order valence-corrected chi connectivity index (χ1v) is 10.5. The number of aliphatic imine (C=N–C) groups is 1. The van der Waals surface area contributed by atoms with Gasteiger partial charge in [-0.2, -0.15) is 4.98 Å². The molecule has 2 aromatic rings. The quantitative estimate of drug-likeness (QED) is 0.228. The molecule has 0 atom stereocenters. The second-order valence-electron chi connectivity index (χ2n) is 7.30. The summed E-state index contributed by atoms with van der Waals surface area (Å²) in [6, 6.07) is 5.81. The van der Waals surface area contributed by atoms with Crippen molar-refractivity contribution in [3.05, 3.63) is 34.1 Å². The third-order valence-corrected chi connectivity index (χ3v) is 5.21. The number of thioether (sulfide) groups is 1. The van der Waals surface area contributed by atoms with Crippen LogP contribution in [0.2, 0.25) is 0 Å². The highest BCUT2D eigenvalue weighted by atomic mass is 79.9. The first kappa shape index (κ1) is 21.7. The van der Waals surface area contributed by atoms with E-state index in [-0.39, 0.29) is 4.75 Å². The highest BCUT2D eigenvalue weighted by Crippen LogP contribution is 2.37. The lowest BCUT2D eigenvalue weighted by atomic mass is 10.2. The average molecular weight is 451 g/mol. The summed E-state index contributed by atoms with van der Waals surface area (Å²) >= 11 is 5.28. The Labute approximate surface area is 174 Å². The maximum Gasteiger partial charge on any atom is 0.223 e. The molecule has 5 nitrogen and oxygen atoms in total. The second-order valence-corrected chi connectivity index (χ2v) is 10.00. The molecule has 0 radical (unpaired) electrons. The van der Waals surface area contributed by atoms with Gasteiger partial charge in [-0.3, -0.25) is 0 Å². The van der Waals surface area contributed by atoms with E-state index in [1.807, 2.05) is 50.3 Å². The van der Waals surface area contributed by atoms with Crippen molar-refractivity contribution >= 4 is 39.7 Å². The fourth-order valence-corrected chi connectivity index (χ4v) is 3.53. The summed E-state index contributed by atoms with van der Waals surface area (Å²) in [6.07, 6.45) is 1.83. The SMILES string of the molecule is CCN(C)C=Nc1cc(Br)c(Oc2cc(SC(C)(C)C)nc(C)n2)cc1C. The summed E-state index contributed by atoms with van der Waals surface area (Å²) in [5.41, 5.74) is 1.93. The number of hydrogen-bond donors (Lipinski definition) is 0. The Morgan fingerprint density at radius 1 is 1.22 bits per heavy atom. The molecule has 1 heterocycles. The van der Waals surface area contributed by atoms with Gasteiger partial charge in [0.2, 0.25) is 5.88 Å². The molecule has 0 bridgehead atoms. The zero-order chi connectivity index (χ0) is 20.2. The van der Waals surface area contributed by atoms with Crippen molar-refractivity contribution in [3.8, 4) is 11.6 Å². The van der Waals surface area contributed by atoms with Crippen LogP contribution in [0, 0.1) is 13.8 Å². The molecule has 0 saturated carbocycles. The molecule has 0 aliphatic carbocycles. The normalized spacial score (nSPS) is 11.9. The van der Waals surface area contributed by atoms with Crippen LogP contribution in [-0.4, -0.2) is 39.5 Å². The van der Waals surface area contributed by atoms with E-state index in [2.05, 4.69) is 58.6 Å². The van der Waals surface area contributed by atoms with Gasteiger partial charge in [-0.15, -0.1) is 11.8 Å². The van der Waals surface area contributed by atoms with E-state index < -0.39 is 0 Å². The largest absolute Gasteiger partial charge is 0.438 e. The molecule has 1 aromatic carbocycles. The zero-order valence-corrected chi connectivity index (χ0v) is 19.4. The van der Waals surface area contributed by atoms with Crippen LogP contribution in [0.4, 0.5) is 5.69 Å². The van der Waals surface area contributed by atoms with Crippen molar-refractivity contribution in [2.45, 2.75) is 51.3 Å². The first-order valence-electron chi connectivity index (χ1n) is 8.84. The van der Waals surface area contributed by atoms with Crippen LogP contribution in [0.25, 0.3) is 0 Å². The predicted molar refractivity (Wildman–Crippen MR) is 118 cm³/mol. The van der Waals surface area contributed by atoms with Crippen LogP contribution in [0.5, 0.6) is 11.6 Å². The minimum atomic E-state index is 0.0700. The standard InChI is InChI=1S/C20H27BrN4OS/c1-8-25(7)12-22-16-10-15(21)17(9-13(16)2)26-18-11-19(24-14(3)23-18)27-20(4,5)6/h9-12H,8H2,1-7H3. The molecule has 0 spiro atoms. The van der Waals surface area contributed by atoms with Gasteiger partial charge in [0, 0.05) is 24.4 Å². The second kappa shape index (κ2) is 9.06. The average Bonchev–Trinajstić information content (AvgIpc) is 2.54. The minimum absolute atomic E-state index is 0.0700. The number of benzene rings is 1. The third kappa shape index (κ3) is 6.81. The fourth-order valence-electron chi connectivity index (χ4n) is 2.15. The number of aromatic nitrogens is 2. The summed E-state index contributed by atoms with van der Waals surface area (Å²) in [5, 5.41) is 0.904.